The zero-order valence-corrected chi connectivity index (χ0v) is 14.0. The number of carbonyl (C=O) groups excluding carboxylic acids is 1. The van der Waals surface area contributed by atoms with E-state index in [1.54, 1.807) is 22.3 Å². The molecule has 0 saturated carbocycles. The van der Waals surface area contributed by atoms with Gasteiger partial charge in [0.1, 0.15) is 5.83 Å². The first kappa shape index (κ1) is 16.5. The van der Waals surface area contributed by atoms with Gasteiger partial charge in [0.15, 0.2) is 6.61 Å². The van der Waals surface area contributed by atoms with Crippen molar-refractivity contribution in [2.75, 3.05) is 11.5 Å². The van der Waals surface area contributed by atoms with Crippen molar-refractivity contribution in [2.24, 2.45) is 0 Å². The predicted octanol–water partition coefficient (Wildman–Crippen LogP) is 4.83. The highest BCUT2D eigenvalue weighted by atomic mass is 32.1. The first-order valence-corrected chi connectivity index (χ1v) is 8.66. The lowest BCUT2D eigenvalue weighted by Crippen LogP contribution is -2.33. The quantitative estimate of drug-likeness (QED) is 0.752. The average Bonchev–Trinajstić information content (AvgIpc) is 3.13. The Morgan fingerprint density at radius 3 is 2.62 bits per heavy atom. The van der Waals surface area contributed by atoms with E-state index in [0.717, 1.165) is 10.6 Å². The molecule has 0 N–H and O–H groups in total. The highest BCUT2D eigenvalue weighted by Gasteiger charge is 2.18. The van der Waals surface area contributed by atoms with Crippen molar-refractivity contribution in [2.45, 2.75) is 19.4 Å². The van der Waals surface area contributed by atoms with Gasteiger partial charge in [-0.1, -0.05) is 24.3 Å². The zero-order valence-electron chi connectivity index (χ0n) is 13.2. The van der Waals surface area contributed by atoms with Gasteiger partial charge in [0.2, 0.25) is 0 Å². The SMILES string of the molecule is O=C(COC1=CC=C(F)CC1)N(Cc1cccs1)c1ccccc1. The number of ether oxygens (including phenoxy) is 1. The van der Waals surface area contributed by atoms with Crippen molar-refractivity contribution < 1.29 is 13.9 Å². The summed E-state index contributed by atoms with van der Waals surface area (Å²) >= 11 is 1.61. The second-order valence-electron chi connectivity index (χ2n) is 5.43. The maximum atomic E-state index is 13.0. The molecule has 5 heteroatoms. The number of hydrogen-bond donors (Lipinski definition) is 0. The number of carbonyl (C=O) groups is 1. The molecule has 1 heterocycles. The summed E-state index contributed by atoms with van der Waals surface area (Å²) in [7, 11) is 0. The molecule has 1 aliphatic rings. The zero-order chi connectivity index (χ0) is 16.8. The van der Waals surface area contributed by atoms with Gasteiger partial charge < -0.3 is 9.64 Å². The van der Waals surface area contributed by atoms with E-state index in [1.807, 2.05) is 47.8 Å². The molecule has 124 valence electrons. The number of amides is 1. The highest BCUT2D eigenvalue weighted by molar-refractivity contribution is 7.09. The van der Waals surface area contributed by atoms with Crippen LogP contribution in [0.15, 0.2) is 71.6 Å². The van der Waals surface area contributed by atoms with Gasteiger partial charge in [-0.05, 0) is 35.7 Å². The molecule has 0 atom stereocenters. The Hall–Kier alpha value is -2.40. The molecule has 1 aliphatic carbocycles. The fraction of sp³-hybridized carbons (Fsp3) is 0.211. The summed E-state index contributed by atoms with van der Waals surface area (Å²) in [5, 5.41) is 1.99. The molecule has 3 rings (SSSR count). The molecule has 1 amide bonds. The number of anilines is 1. The number of para-hydroxylation sites is 1. The first-order chi connectivity index (χ1) is 11.7. The Balaban J connectivity index is 1.69. The Labute approximate surface area is 144 Å². The monoisotopic (exact) mass is 343 g/mol. The minimum Gasteiger partial charge on any atom is -0.488 e. The van der Waals surface area contributed by atoms with Gasteiger partial charge in [0.25, 0.3) is 5.91 Å². The van der Waals surface area contributed by atoms with Crippen molar-refractivity contribution in [3.8, 4) is 0 Å². The number of nitrogens with zero attached hydrogens (tertiary/aromatic N) is 1. The number of allylic oxidation sites excluding steroid dienone is 4. The van der Waals surface area contributed by atoms with Crippen molar-refractivity contribution in [3.63, 3.8) is 0 Å². The van der Waals surface area contributed by atoms with Crippen molar-refractivity contribution in [3.05, 3.63) is 76.5 Å². The smallest absolute Gasteiger partial charge is 0.265 e. The largest absolute Gasteiger partial charge is 0.488 e. The van der Waals surface area contributed by atoms with Gasteiger partial charge in [-0.25, -0.2) is 4.39 Å². The second-order valence-corrected chi connectivity index (χ2v) is 6.46. The van der Waals surface area contributed by atoms with Crippen molar-refractivity contribution >= 4 is 22.9 Å². The molecular weight excluding hydrogens is 325 g/mol. The third-order valence-corrected chi connectivity index (χ3v) is 4.57. The number of rotatable bonds is 6. The lowest BCUT2D eigenvalue weighted by atomic mass is 10.1. The molecule has 1 aromatic heterocycles. The summed E-state index contributed by atoms with van der Waals surface area (Å²) in [6, 6.07) is 13.5. The van der Waals surface area contributed by atoms with E-state index in [1.165, 1.54) is 6.08 Å². The number of benzene rings is 1. The fourth-order valence-electron chi connectivity index (χ4n) is 2.44. The molecule has 0 saturated heterocycles. The van der Waals surface area contributed by atoms with Gasteiger partial charge in [0, 0.05) is 23.4 Å². The van der Waals surface area contributed by atoms with Crippen LogP contribution in [0.4, 0.5) is 10.1 Å². The van der Waals surface area contributed by atoms with E-state index in [2.05, 4.69) is 0 Å². The van der Waals surface area contributed by atoms with Crippen LogP contribution in [0, 0.1) is 0 Å². The fourth-order valence-corrected chi connectivity index (χ4v) is 3.13. The van der Waals surface area contributed by atoms with Gasteiger partial charge >= 0.3 is 0 Å². The van der Waals surface area contributed by atoms with E-state index >= 15 is 0 Å². The summed E-state index contributed by atoms with van der Waals surface area (Å²) in [6.45, 7) is 0.457. The van der Waals surface area contributed by atoms with Crippen LogP contribution < -0.4 is 4.90 Å². The van der Waals surface area contributed by atoms with Crippen LogP contribution in [0.1, 0.15) is 17.7 Å². The van der Waals surface area contributed by atoms with E-state index in [-0.39, 0.29) is 18.3 Å². The third-order valence-electron chi connectivity index (χ3n) is 3.70. The number of thiophene rings is 1. The molecule has 0 fully saturated rings. The van der Waals surface area contributed by atoms with Crippen LogP contribution in [0.2, 0.25) is 0 Å². The van der Waals surface area contributed by atoms with Gasteiger partial charge in [-0.3, -0.25) is 4.79 Å². The van der Waals surface area contributed by atoms with E-state index in [4.69, 9.17) is 4.74 Å². The molecule has 0 radical (unpaired) electrons. The predicted molar refractivity (Wildman–Crippen MR) is 94.4 cm³/mol. The minimum atomic E-state index is -0.155. The Morgan fingerprint density at radius 1 is 1.12 bits per heavy atom. The van der Waals surface area contributed by atoms with Gasteiger partial charge in [-0.2, -0.15) is 0 Å². The van der Waals surface area contributed by atoms with Gasteiger partial charge in [0.05, 0.1) is 12.3 Å². The van der Waals surface area contributed by atoms with E-state index in [0.29, 0.717) is 25.1 Å². The summed E-state index contributed by atoms with van der Waals surface area (Å²) in [4.78, 5) is 15.5. The molecule has 0 bridgehead atoms. The standard InChI is InChI=1S/C19H18FNO2S/c20-15-8-10-17(11-9-15)23-14-19(22)21(13-18-7-4-12-24-18)16-5-2-1-3-6-16/h1-8,10,12H,9,11,13-14H2. The summed E-state index contributed by atoms with van der Waals surface area (Å²) in [5.41, 5.74) is 0.836. The van der Waals surface area contributed by atoms with Crippen molar-refractivity contribution in [1.82, 2.24) is 0 Å². The van der Waals surface area contributed by atoms with Crippen LogP contribution in [0.25, 0.3) is 0 Å². The number of hydrogen-bond acceptors (Lipinski definition) is 3. The summed E-state index contributed by atoms with van der Waals surface area (Å²) in [5.74, 6) is 0.372. The molecule has 0 aliphatic heterocycles. The molecule has 24 heavy (non-hydrogen) atoms. The molecular formula is C19H18FNO2S. The van der Waals surface area contributed by atoms with Crippen LogP contribution in [0.3, 0.4) is 0 Å². The van der Waals surface area contributed by atoms with Crippen LogP contribution in [0.5, 0.6) is 0 Å². The van der Waals surface area contributed by atoms with E-state index < -0.39 is 0 Å². The summed E-state index contributed by atoms with van der Waals surface area (Å²) in [6.07, 6.45) is 3.81. The topological polar surface area (TPSA) is 29.5 Å². The van der Waals surface area contributed by atoms with E-state index in [9.17, 15) is 9.18 Å². The van der Waals surface area contributed by atoms with Crippen LogP contribution in [-0.4, -0.2) is 12.5 Å². The number of halogens is 1. The lowest BCUT2D eigenvalue weighted by Gasteiger charge is -2.23. The normalized spacial score (nSPS) is 13.9. The highest BCUT2D eigenvalue weighted by Crippen LogP contribution is 2.22. The third kappa shape index (κ3) is 4.32. The first-order valence-electron chi connectivity index (χ1n) is 7.78. The van der Waals surface area contributed by atoms with Crippen LogP contribution in [-0.2, 0) is 16.1 Å². The Morgan fingerprint density at radius 2 is 1.96 bits per heavy atom. The molecule has 2 aromatic rings. The molecule has 0 spiro atoms. The average molecular weight is 343 g/mol. The Kier molecular flexibility index (Phi) is 5.43. The Bertz CT molecular complexity index is 738. The summed E-state index contributed by atoms with van der Waals surface area (Å²) < 4.78 is 18.6. The molecule has 3 nitrogen and oxygen atoms in total. The van der Waals surface area contributed by atoms with Crippen LogP contribution >= 0.6 is 11.3 Å². The maximum absolute atomic E-state index is 13.0. The minimum absolute atomic E-state index is 0.0540. The lowest BCUT2D eigenvalue weighted by molar-refractivity contribution is -0.122. The molecule has 1 aromatic carbocycles. The van der Waals surface area contributed by atoms with Crippen molar-refractivity contribution in [1.29, 1.82) is 0 Å². The maximum Gasteiger partial charge on any atom is 0.265 e. The second kappa shape index (κ2) is 7.93. The molecule has 0 unspecified atom stereocenters. The van der Waals surface area contributed by atoms with Gasteiger partial charge in [-0.15, -0.1) is 11.3 Å².